The first-order valence-electron chi connectivity index (χ1n) is 5.47. The van der Waals surface area contributed by atoms with Gasteiger partial charge in [0.2, 0.25) is 0 Å². The lowest BCUT2D eigenvalue weighted by molar-refractivity contribution is 0.632. The molecule has 80 valence electrons. The maximum absolute atomic E-state index is 2.26. The average Bonchev–Trinajstić information content (AvgIpc) is 2.19. The highest BCUT2D eigenvalue weighted by Crippen LogP contribution is 2.08. The first-order chi connectivity index (χ1) is 6.43. The molecule has 0 aliphatic heterocycles. The fourth-order valence-corrected chi connectivity index (χ4v) is 1.58. The monoisotopic (exact) mass is 256 g/mol. The number of hydrogen-bond donors (Lipinski definition) is 0. The summed E-state index contributed by atoms with van der Waals surface area (Å²) in [4.78, 5) is 0. The molecule has 0 saturated carbocycles. The van der Waals surface area contributed by atoms with Gasteiger partial charge in [-0.05, 0) is 18.4 Å². The van der Waals surface area contributed by atoms with Crippen LogP contribution in [-0.4, -0.2) is 0 Å². The second kappa shape index (κ2) is 9.26. The van der Waals surface area contributed by atoms with Crippen LogP contribution in [0.2, 0.25) is 0 Å². The molecule has 1 aromatic rings. The van der Waals surface area contributed by atoms with E-state index in [1.165, 1.54) is 44.1 Å². The summed E-state index contributed by atoms with van der Waals surface area (Å²) >= 11 is 0. The van der Waals surface area contributed by atoms with Gasteiger partial charge < -0.3 is 0 Å². The number of halogens is 1. The molecule has 1 rings (SSSR count). The molecule has 0 saturated heterocycles. The Balaban J connectivity index is 0.00000169. The highest BCUT2D eigenvalue weighted by molar-refractivity contribution is 8.93. The van der Waals surface area contributed by atoms with Crippen molar-refractivity contribution in [1.29, 1.82) is 0 Å². The number of hydrogen-bond acceptors (Lipinski definition) is 0. The minimum Gasteiger partial charge on any atom is -0.114 e. The highest BCUT2D eigenvalue weighted by atomic mass is 79.9. The normalized spacial score (nSPS) is 9.50. The fourth-order valence-electron chi connectivity index (χ4n) is 1.58. The van der Waals surface area contributed by atoms with Gasteiger partial charge in [0.15, 0.2) is 0 Å². The van der Waals surface area contributed by atoms with Gasteiger partial charge in [0.1, 0.15) is 0 Å². The van der Waals surface area contributed by atoms with Crippen LogP contribution in [0, 0.1) is 0 Å². The van der Waals surface area contributed by atoms with Crippen molar-refractivity contribution < 1.29 is 0 Å². The molecule has 0 heterocycles. The molecule has 1 aromatic carbocycles. The van der Waals surface area contributed by atoms with Crippen LogP contribution in [0.25, 0.3) is 0 Å². The summed E-state index contributed by atoms with van der Waals surface area (Å²) in [6.07, 6.45) is 8.14. The highest BCUT2D eigenvalue weighted by Gasteiger charge is 1.91. The molecule has 0 nitrogen and oxygen atoms in total. The summed E-state index contributed by atoms with van der Waals surface area (Å²) in [5, 5.41) is 0. The van der Waals surface area contributed by atoms with Gasteiger partial charge in [-0.25, -0.2) is 0 Å². The molecule has 0 aliphatic rings. The van der Waals surface area contributed by atoms with E-state index in [2.05, 4.69) is 37.3 Å². The quantitative estimate of drug-likeness (QED) is 0.643. The SMILES string of the molecule is Br.CCCCCCCc1ccccc1. The average molecular weight is 257 g/mol. The molecule has 14 heavy (non-hydrogen) atoms. The molecule has 0 atom stereocenters. The minimum atomic E-state index is 0. The van der Waals surface area contributed by atoms with E-state index in [0.29, 0.717) is 0 Å². The van der Waals surface area contributed by atoms with E-state index in [-0.39, 0.29) is 17.0 Å². The topological polar surface area (TPSA) is 0 Å². The Kier molecular flexibility index (Phi) is 9.06. The summed E-state index contributed by atoms with van der Waals surface area (Å²) in [5.74, 6) is 0. The summed E-state index contributed by atoms with van der Waals surface area (Å²) < 4.78 is 0. The van der Waals surface area contributed by atoms with Crippen molar-refractivity contribution in [2.45, 2.75) is 45.4 Å². The summed E-state index contributed by atoms with van der Waals surface area (Å²) in [7, 11) is 0. The lowest BCUT2D eigenvalue weighted by Gasteiger charge is -2.00. The van der Waals surface area contributed by atoms with Gasteiger partial charge in [0.25, 0.3) is 0 Å². The third-order valence-corrected chi connectivity index (χ3v) is 2.41. The molecule has 0 bridgehead atoms. The maximum Gasteiger partial charge on any atom is -0.0279 e. The lowest BCUT2D eigenvalue weighted by atomic mass is 10.1. The zero-order valence-corrected chi connectivity index (χ0v) is 10.8. The molecule has 0 radical (unpaired) electrons. The minimum absolute atomic E-state index is 0. The van der Waals surface area contributed by atoms with Crippen molar-refractivity contribution in [3.05, 3.63) is 35.9 Å². The first kappa shape index (κ1) is 13.7. The molecule has 0 amide bonds. The Morgan fingerprint density at radius 3 is 2.14 bits per heavy atom. The van der Waals surface area contributed by atoms with Crippen LogP contribution in [-0.2, 0) is 6.42 Å². The van der Waals surface area contributed by atoms with E-state index in [9.17, 15) is 0 Å². The van der Waals surface area contributed by atoms with Gasteiger partial charge in [-0.15, -0.1) is 17.0 Å². The predicted octanol–water partition coefficient (Wildman–Crippen LogP) is 4.78. The molecular weight excluding hydrogens is 236 g/mol. The van der Waals surface area contributed by atoms with Crippen molar-refractivity contribution in [3.63, 3.8) is 0 Å². The zero-order chi connectivity index (χ0) is 9.36. The Hall–Kier alpha value is -0.300. The zero-order valence-electron chi connectivity index (χ0n) is 9.04. The third-order valence-electron chi connectivity index (χ3n) is 2.41. The lowest BCUT2D eigenvalue weighted by Crippen LogP contribution is -1.84. The van der Waals surface area contributed by atoms with Crippen molar-refractivity contribution in [2.75, 3.05) is 0 Å². The van der Waals surface area contributed by atoms with Gasteiger partial charge in [-0.2, -0.15) is 0 Å². The second-order valence-electron chi connectivity index (χ2n) is 3.65. The largest absolute Gasteiger partial charge is 0.114 e. The van der Waals surface area contributed by atoms with Crippen LogP contribution in [0.4, 0.5) is 0 Å². The van der Waals surface area contributed by atoms with Crippen molar-refractivity contribution in [2.24, 2.45) is 0 Å². The predicted molar refractivity (Wildman–Crippen MR) is 69.2 cm³/mol. The van der Waals surface area contributed by atoms with E-state index < -0.39 is 0 Å². The van der Waals surface area contributed by atoms with Crippen LogP contribution in [0.15, 0.2) is 30.3 Å². The van der Waals surface area contributed by atoms with Crippen molar-refractivity contribution in [1.82, 2.24) is 0 Å². The molecule has 1 heteroatoms. The Bertz CT molecular complexity index is 206. The fraction of sp³-hybridized carbons (Fsp3) is 0.538. The Morgan fingerprint density at radius 1 is 0.857 bits per heavy atom. The van der Waals surface area contributed by atoms with Gasteiger partial charge in [0, 0.05) is 0 Å². The number of benzene rings is 1. The van der Waals surface area contributed by atoms with E-state index in [0.717, 1.165) is 0 Å². The van der Waals surface area contributed by atoms with Crippen molar-refractivity contribution >= 4 is 17.0 Å². The molecule has 0 spiro atoms. The first-order valence-corrected chi connectivity index (χ1v) is 5.47. The van der Waals surface area contributed by atoms with Crippen LogP contribution < -0.4 is 0 Å². The molecule has 0 unspecified atom stereocenters. The van der Waals surface area contributed by atoms with Gasteiger partial charge in [0.05, 0.1) is 0 Å². The van der Waals surface area contributed by atoms with Crippen LogP contribution in [0.3, 0.4) is 0 Å². The van der Waals surface area contributed by atoms with E-state index in [1.54, 1.807) is 0 Å². The number of rotatable bonds is 6. The van der Waals surface area contributed by atoms with Gasteiger partial charge >= 0.3 is 0 Å². The van der Waals surface area contributed by atoms with E-state index in [4.69, 9.17) is 0 Å². The molecule has 0 N–H and O–H groups in total. The molecule has 0 aliphatic carbocycles. The smallest absolute Gasteiger partial charge is 0.0279 e. The van der Waals surface area contributed by atoms with Crippen LogP contribution >= 0.6 is 17.0 Å². The summed E-state index contributed by atoms with van der Waals surface area (Å²) in [5.41, 5.74) is 1.49. The Morgan fingerprint density at radius 2 is 1.50 bits per heavy atom. The van der Waals surface area contributed by atoms with E-state index in [1.807, 2.05) is 0 Å². The van der Waals surface area contributed by atoms with E-state index >= 15 is 0 Å². The Labute approximate surface area is 98.5 Å². The number of unbranched alkanes of at least 4 members (excludes halogenated alkanes) is 4. The second-order valence-corrected chi connectivity index (χ2v) is 3.65. The number of aryl methyl sites for hydroxylation is 1. The standard InChI is InChI=1S/C13H20.BrH/c1-2-3-4-5-7-10-13-11-8-6-9-12-13;/h6,8-9,11-12H,2-5,7,10H2,1H3;1H. The maximum atomic E-state index is 2.26. The summed E-state index contributed by atoms with van der Waals surface area (Å²) in [6.45, 7) is 2.26. The third kappa shape index (κ3) is 6.20. The van der Waals surface area contributed by atoms with Crippen LogP contribution in [0.1, 0.15) is 44.6 Å². The van der Waals surface area contributed by atoms with Gasteiger partial charge in [-0.3, -0.25) is 0 Å². The molecule has 0 fully saturated rings. The van der Waals surface area contributed by atoms with Crippen LogP contribution in [0.5, 0.6) is 0 Å². The van der Waals surface area contributed by atoms with Gasteiger partial charge in [-0.1, -0.05) is 62.9 Å². The van der Waals surface area contributed by atoms with Crippen molar-refractivity contribution in [3.8, 4) is 0 Å². The molecule has 0 aromatic heterocycles. The summed E-state index contributed by atoms with van der Waals surface area (Å²) in [6, 6.07) is 10.8. The molecular formula is C13H21Br.